The van der Waals surface area contributed by atoms with Gasteiger partial charge in [-0.3, -0.25) is 9.59 Å². The van der Waals surface area contributed by atoms with Gasteiger partial charge in [0.1, 0.15) is 11.9 Å². The quantitative estimate of drug-likeness (QED) is 0.632. The maximum atomic E-state index is 13.4. The van der Waals surface area contributed by atoms with Gasteiger partial charge in [0.25, 0.3) is 0 Å². The normalized spacial score (nSPS) is 16.3. The molecule has 1 atom stereocenters. The van der Waals surface area contributed by atoms with Crippen molar-refractivity contribution in [3.8, 4) is 0 Å². The molecule has 1 fully saturated rings. The largest absolute Gasteiger partial charge is 0.328 e. The van der Waals surface area contributed by atoms with Crippen molar-refractivity contribution in [2.24, 2.45) is 0 Å². The lowest BCUT2D eigenvalue weighted by Gasteiger charge is -2.37. The first-order chi connectivity index (χ1) is 15.4. The Morgan fingerprint density at radius 3 is 2.21 bits per heavy atom. The number of aromatic nitrogens is 2. The molecule has 180 valence electrons. The number of amides is 2. The lowest BCUT2D eigenvalue weighted by atomic mass is 9.82. The van der Waals surface area contributed by atoms with Crippen LogP contribution in [0, 0.1) is 0 Å². The molecule has 1 aliphatic carbocycles. The molecule has 1 aromatic carbocycles. The smallest absolute Gasteiger partial charge is 0.248 e. The summed E-state index contributed by atoms with van der Waals surface area (Å²) in [6, 6.07) is 11.8. The third-order valence-electron chi connectivity index (χ3n) is 6.86. The lowest BCUT2D eigenvalue weighted by Crippen LogP contribution is -2.51. The molecule has 0 saturated heterocycles. The summed E-state index contributed by atoms with van der Waals surface area (Å²) in [6.07, 6.45) is 5.35. The van der Waals surface area contributed by atoms with Crippen molar-refractivity contribution in [2.75, 3.05) is 5.32 Å². The number of hydrogen-bond donors (Lipinski definition) is 1. The van der Waals surface area contributed by atoms with Gasteiger partial charge < -0.3 is 10.2 Å². The lowest BCUT2D eigenvalue weighted by molar-refractivity contribution is -0.139. The number of carbonyl (C=O) groups is 2. The summed E-state index contributed by atoms with van der Waals surface area (Å²) in [5.41, 5.74) is 1.41. The molecule has 2 aromatic rings. The Labute approximate surface area is 198 Å². The molecule has 6 nitrogen and oxygen atoms in total. The molecule has 1 unspecified atom stereocenters. The number of carbonyl (C=O) groups excluding carboxylic acids is 2. The number of hydrogen-bond acceptors (Lipinski definition) is 3. The van der Waals surface area contributed by atoms with Crippen molar-refractivity contribution in [1.29, 1.82) is 0 Å². The van der Waals surface area contributed by atoms with Crippen LogP contribution in [0.25, 0.3) is 0 Å². The highest BCUT2D eigenvalue weighted by molar-refractivity contribution is 5.96. The monoisotopic (exact) mass is 452 g/mol. The molecule has 1 heterocycles. The Kier molecular flexibility index (Phi) is 7.35. The minimum atomic E-state index is -0.542. The second-order valence-corrected chi connectivity index (χ2v) is 10.9. The summed E-state index contributed by atoms with van der Waals surface area (Å²) in [4.78, 5) is 27.6. The average Bonchev–Trinajstić information content (AvgIpc) is 3.20. The minimum absolute atomic E-state index is 0.0419. The van der Waals surface area contributed by atoms with E-state index in [-0.39, 0.29) is 28.8 Å². The zero-order valence-corrected chi connectivity index (χ0v) is 21.3. The molecule has 0 spiro atoms. The van der Waals surface area contributed by atoms with E-state index >= 15 is 0 Å². The molecule has 2 amide bonds. The zero-order valence-electron chi connectivity index (χ0n) is 21.3. The Balaban J connectivity index is 1.90. The SMILES string of the molecule is CC(=O)N(C1CCCCC1)C(C)C(=O)Nc1cc(C(C)(C)c2ccccc2)nn1C(C)(C)C. The predicted octanol–water partition coefficient (Wildman–Crippen LogP) is 5.47. The van der Waals surface area contributed by atoms with Gasteiger partial charge in [-0.1, -0.05) is 63.4 Å². The fourth-order valence-electron chi connectivity index (χ4n) is 4.85. The van der Waals surface area contributed by atoms with Crippen LogP contribution >= 0.6 is 0 Å². The van der Waals surface area contributed by atoms with E-state index < -0.39 is 6.04 Å². The maximum Gasteiger partial charge on any atom is 0.248 e. The van der Waals surface area contributed by atoms with Crippen molar-refractivity contribution >= 4 is 17.6 Å². The van der Waals surface area contributed by atoms with Gasteiger partial charge in [0.05, 0.1) is 11.2 Å². The van der Waals surface area contributed by atoms with Crippen molar-refractivity contribution in [3.05, 3.63) is 47.7 Å². The Bertz CT molecular complexity index is 966. The molecule has 3 rings (SSSR count). The Morgan fingerprint density at radius 1 is 1.06 bits per heavy atom. The maximum absolute atomic E-state index is 13.4. The van der Waals surface area contributed by atoms with Crippen LogP contribution in [0.5, 0.6) is 0 Å². The van der Waals surface area contributed by atoms with Gasteiger partial charge in [0.15, 0.2) is 0 Å². The van der Waals surface area contributed by atoms with Gasteiger partial charge in [-0.2, -0.15) is 5.10 Å². The van der Waals surface area contributed by atoms with Gasteiger partial charge in [-0.25, -0.2) is 4.68 Å². The van der Waals surface area contributed by atoms with E-state index in [2.05, 4.69) is 52.1 Å². The third kappa shape index (κ3) is 5.48. The van der Waals surface area contributed by atoms with Crippen molar-refractivity contribution in [3.63, 3.8) is 0 Å². The van der Waals surface area contributed by atoms with E-state index in [1.165, 1.54) is 6.42 Å². The summed E-state index contributed by atoms with van der Waals surface area (Å²) < 4.78 is 1.89. The Morgan fingerprint density at radius 2 is 1.67 bits per heavy atom. The Hall–Kier alpha value is -2.63. The molecule has 0 bridgehead atoms. The minimum Gasteiger partial charge on any atom is -0.328 e. The highest BCUT2D eigenvalue weighted by Crippen LogP contribution is 2.34. The van der Waals surface area contributed by atoms with Crippen molar-refractivity contribution < 1.29 is 9.59 Å². The summed E-state index contributed by atoms with van der Waals surface area (Å²) in [5.74, 6) is 0.440. The van der Waals surface area contributed by atoms with E-state index in [0.29, 0.717) is 5.82 Å². The van der Waals surface area contributed by atoms with Gasteiger partial charge >= 0.3 is 0 Å². The predicted molar refractivity (Wildman–Crippen MR) is 133 cm³/mol. The summed E-state index contributed by atoms with van der Waals surface area (Å²) in [7, 11) is 0. The topological polar surface area (TPSA) is 67.2 Å². The summed E-state index contributed by atoms with van der Waals surface area (Å²) >= 11 is 0. The molecule has 1 saturated carbocycles. The van der Waals surface area contributed by atoms with Crippen LogP contribution in [0.3, 0.4) is 0 Å². The van der Waals surface area contributed by atoms with Crippen LogP contribution in [0.2, 0.25) is 0 Å². The van der Waals surface area contributed by atoms with E-state index in [0.717, 1.165) is 36.9 Å². The first kappa shape index (κ1) is 25.0. The fraction of sp³-hybridized carbons (Fsp3) is 0.593. The highest BCUT2D eigenvalue weighted by Gasteiger charge is 2.34. The van der Waals surface area contributed by atoms with Gasteiger partial charge in [-0.15, -0.1) is 0 Å². The van der Waals surface area contributed by atoms with Crippen LogP contribution in [0.4, 0.5) is 5.82 Å². The van der Waals surface area contributed by atoms with Crippen LogP contribution in [0.15, 0.2) is 36.4 Å². The number of benzene rings is 1. The molecule has 0 aliphatic heterocycles. The molecule has 1 aliphatic rings. The van der Waals surface area contributed by atoms with Crippen LogP contribution in [0.1, 0.15) is 91.8 Å². The first-order valence-corrected chi connectivity index (χ1v) is 12.2. The van der Waals surface area contributed by atoms with E-state index in [1.54, 1.807) is 11.8 Å². The molecule has 6 heteroatoms. The second-order valence-electron chi connectivity index (χ2n) is 10.9. The van der Waals surface area contributed by atoms with Gasteiger partial charge in [0.2, 0.25) is 11.8 Å². The van der Waals surface area contributed by atoms with Crippen molar-refractivity contribution in [2.45, 2.75) is 104 Å². The fourth-order valence-corrected chi connectivity index (χ4v) is 4.85. The van der Waals surface area contributed by atoms with Crippen molar-refractivity contribution in [1.82, 2.24) is 14.7 Å². The van der Waals surface area contributed by atoms with Crippen LogP contribution in [-0.2, 0) is 20.5 Å². The number of nitrogens with zero attached hydrogens (tertiary/aromatic N) is 3. The van der Waals surface area contributed by atoms with Crippen LogP contribution in [-0.4, -0.2) is 38.6 Å². The van der Waals surface area contributed by atoms with E-state index in [1.807, 2.05) is 35.9 Å². The highest BCUT2D eigenvalue weighted by atomic mass is 16.2. The molecular formula is C27H40N4O2. The average molecular weight is 453 g/mol. The van der Waals surface area contributed by atoms with E-state index in [9.17, 15) is 9.59 Å². The second kappa shape index (κ2) is 9.70. The van der Waals surface area contributed by atoms with Gasteiger partial charge in [-0.05, 0) is 46.1 Å². The number of anilines is 1. The van der Waals surface area contributed by atoms with Crippen LogP contribution < -0.4 is 5.32 Å². The van der Waals surface area contributed by atoms with Gasteiger partial charge in [0, 0.05) is 24.4 Å². The van der Waals surface area contributed by atoms with E-state index in [4.69, 9.17) is 5.10 Å². The number of nitrogens with one attached hydrogen (secondary N) is 1. The number of rotatable bonds is 6. The first-order valence-electron chi connectivity index (χ1n) is 12.2. The zero-order chi connectivity index (χ0) is 24.4. The molecular weight excluding hydrogens is 412 g/mol. The summed E-state index contributed by atoms with van der Waals surface area (Å²) in [6.45, 7) is 13.9. The molecule has 0 radical (unpaired) electrons. The third-order valence-corrected chi connectivity index (χ3v) is 6.86. The summed E-state index contributed by atoms with van der Waals surface area (Å²) in [5, 5.41) is 8.04. The molecule has 33 heavy (non-hydrogen) atoms. The molecule has 1 N–H and O–H groups in total. The molecule has 1 aromatic heterocycles. The standard InChI is InChI=1S/C27H40N4O2/c1-19(30(20(2)32)22-16-12-9-13-17-22)25(33)28-24-18-23(29-31(24)26(3,4)5)27(6,7)21-14-10-8-11-15-21/h8,10-11,14-15,18-19,22H,9,12-13,16-17H2,1-7H3,(H,28,33).